The van der Waals surface area contributed by atoms with Crippen molar-refractivity contribution in [3.8, 4) is 0 Å². The molecule has 12 nitrogen and oxygen atoms in total. The first-order valence-electron chi connectivity index (χ1n) is 22.7. The van der Waals surface area contributed by atoms with Crippen molar-refractivity contribution >= 4 is 35.4 Å². The van der Waals surface area contributed by atoms with Crippen LogP contribution in [0.2, 0.25) is 0 Å². The van der Waals surface area contributed by atoms with Gasteiger partial charge < -0.3 is 31.1 Å². The van der Waals surface area contributed by atoms with E-state index in [1.54, 1.807) is 29.2 Å². The van der Waals surface area contributed by atoms with Gasteiger partial charge in [-0.25, -0.2) is 0 Å². The molecule has 5 aromatic carbocycles. The van der Waals surface area contributed by atoms with E-state index in [1.165, 1.54) is 4.90 Å². The van der Waals surface area contributed by atoms with E-state index < -0.39 is 23.7 Å². The second kappa shape index (κ2) is 21.1. The highest BCUT2D eigenvalue weighted by Crippen LogP contribution is 2.41. The van der Waals surface area contributed by atoms with Gasteiger partial charge in [0.25, 0.3) is 11.8 Å². The van der Waals surface area contributed by atoms with Crippen LogP contribution in [0.4, 0.5) is 0 Å². The van der Waals surface area contributed by atoms with Crippen LogP contribution in [0.1, 0.15) is 55.3 Å². The number of carbonyl (C=O) groups excluding carboxylic acids is 6. The Morgan fingerprint density at radius 2 is 0.738 bits per heavy atom. The fraction of sp³-hybridized carbons (Fsp3) is 0.321. The number of benzene rings is 5. The number of amides is 6. The molecule has 1 aliphatic carbocycles. The summed E-state index contributed by atoms with van der Waals surface area (Å²) in [6, 6.07) is 45.7. The van der Waals surface area contributed by atoms with Gasteiger partial charge in [-0.2, -0.15) is 0 Å². The van der Waals surface area contributed by atoms with Gasteiger partial charge in [0, 0.05) is 68.9 Å². The lowest BCUT2D eigenvalue weighted by Gasteiger charge is -2.18. The zero-order chi connectivity index (χ0) is 45.1. The van der Waals surface area contributed by atoms with Gasteiger partial charge in [-0.15, -0.1) is 0 Å². The fourth-order valence-corrected chi connectivity index (χ4v) is 9.15. The van der Waals surface area contributed by atoms with Crippen molar-refractivity contribution in [1.82, 2.24) is 31.1 Å². The van der Waals surface area contributed by atoms with Gasteiger partial charge in [0.1, 0.15) is 0 Å². The molecular weight excluding hydrogens is 817 g/mol. The van der Waals surface area contributed by atoms with Crippen molar-refractivity contribution in [3.05, 3.63) is 179 Å². The number of hydrogen-bond acceptors (Lipinski definition) is 6. The average molecular weight is 873 g/mol. The Balaban J connectivity index is 0.911. The van der Waals surface area contributed by atoms with E-state index in [-0.39, 0.29) is 73.6 Å². The third-order valence-corrected chi connectivity index (χ3v) is 13.0. The predicted octanol–water partition coefficient (Wildman–Crippen LogP) is 4.81. The largest absolute Gasteiger partial charge is 0.355 e. The van der Waals surface area contributed by atoms with Crippen LogP contribution in [0.5, 0.6) is 0 Å². The molecule has 0 unspecified atom stereocenters. The van der Waals surface area contributed by atoms with Gasteiger partial charge in [0.2, 0.25) is 23.6 Å². The van der Waals surface area contributed by atoms with Crippen LogP contribution in [0.3, 0.4) is 0 Å². The van der Waals surface area contributed by atoms with Gasteiger partial charge >= 0.3 is 0 Å². The summed E-state index contributed by atoms with van der Waals surface area (Å²) in [6.07, 6.45) is 2.70. The van der Waals surface area contributed by atoms with Crippen LogP contribution >= 0.6 is 0 Å². The van der Waals surface area contributed by atoms with E-state index in [4.69, 9.17) is 0 Å². The number of hydrogen-bond donors (Lipinski definition) is 4. The van der Waals surface area contributed by atoms with Crippen LogP contribution in [-0.2, 0) is 38.4 Å². The number of rotatable bonds is 17. The molecule has 8 rings (SSSR count). The molecule has 0 spiro atoms. The maximum atomic E-state index is 14.1. The van der Waals surface area contributed by atoms with Gasteiger partial charge in [-0.1, -0.05) is 121 Å². The summed E-state index contributed by atoms with van der Waals surface area (Å²) in [5, 5.41) is 12.2. The van der Waals surface area contributed by atoms with Crippen LogP contribution in [0.25, 0.3) is 0 Å². The van der Waals surface area contributed by atoms with Crippen molar-refractivity contribution in [2.75, 3.05) is 45.8 Å². The first-order valence-corrected chi connectivity index (χ1v) is 22.7. The molecule has 6 amide bonds. The topological polar surface area (TPSA) is 157 Å². The summed E-state index contributed by atoms with van der Waals surface area (Å²) in [5.74, 6) is -4.57. The molecule has 2 saturated heterocycles. The number of likely N-dealkylation sites (tertiary alicyclic amines) is 2. The zero-order valence-corrected chi connectivity index (χ0v) is 36.4. The van der Waals surface area contributed by atoms with Crippen LogP contribution in [0, 0.1) is 23.7 Å². The maximum Gasteiger partial charge on any atom is 0.253 e. The first kappa shape index (κ1) is 44.5. The lowest BCUT2D eigenvalue weighted by Crippen LogP contribution is -2.42. The molecule has 0 aromatic heterocycles. The molecule has 1 saturated carbocycles. The summed E-state index contributed by atoms with van der Waals surface area (Å²) >= 11 is 0. The van der Waals surface area contributed by atoms with Gasteiger partial charge in [-0.05, 0) is 72.2 Å². The summed E-state index contributed by atoms with van der Waals surface area (Å²) in [7, 11) is 0. The van der Waals surface area contributed by atoms with E-state index >= 15 is 0 Å². The first-order chi connectivity index (χ1) is 31.7. The molecule has 5 aromatic rings. The molecule has 3 aliphatic rings. The number of carbonyl (C=O) groups is 6. The zero-order valence-electron chi connectivity index (χ0n) is 36.4. The quantitative estimate of drug-likeness (QED) is 0.105. The molecule has 334 valence electrons. The minimum atomic E-state index is -0.750. The van der Waals surface area contributed by atoms with E-state index in [2.05, 4.69) is 33.4 Å². The van der Waals surface area contributed by atoms with Crippen molar-refractivity contribution in [3.63, 3.8) is 0 Å². The minimum absolute atomic E-state index is 0.0364. The Morgan fingerprint density at radius 3 is 1.09 bits per heavy atom. The van der Waals surface area contributed by atoms with Crippen molar-refractivity contribution in [1.29, 1.82) is 0 Å². The monoisotopic (exact) mass is 872 g/mol. The van der Waals surface area contributed by atoms with Gasteiger partial charge in [0.15, 0.2) is 0 Å². The Morgan fingerprint density at radius 1 is 0.415 bits per heavy atom. The number of nitrogens with one attached hydrogen (secondary N) is 4. The smallest absolute Gasteiger partial charge is 0.253 e. The van der Waals surface area contributed by atoms with Gasteiger partial charge in [-0.3, -0.25) is 28.8 Å². The van der Waals surface area contributed by atoms with Crippen molar-refractivity contribution < 1.29 is 28.8 Å². The molecule has 6 atom stereocenters. The van der Waals surface area contributed by atoms with Crippen LogP contribution in [0.15, 0.2) is 146 Å². The molecule has 3 fully saturated rings. The van der Waals surface area contributed by atoms with Gasteiger partial charge in [0.05, 0.1) is 23.7 Å². The molecule has 0 bridgehead atoms. The third-order valence-electron chi connectivity index (χ3n) is 13.0. The van der Waals surface area contributed by atoms with E-state index in [9.17, 15) is 28.8 Å². The molecule has 0 radical (unpaired) electrons. The van der Waals surface area contributed by atoms with Crippen LogP contribution in [-0.4, -0.2) is 97.1 Å². The minimum Gasteiger partial charge on any atom is -0.355 e. The molecule has 4 N–H and O–H groups in total. The highest BCUT2D eigenvalue weighted by Gasteiger charge is 2.47. The Bertz CT molecular complexity index is 2370. The summed E-state index contributed by atoms with van der Waals surface area (Å²) in [6.45, 7) is 1.44. The maximum absolute atomic E-state index is 14.1. The molecular formula is C53H56N6O6. The standard InChI is InChI=1S/C53H56N6O6/c60-48(54-28-25-36-13-5-1-6-14-36)43-32-58(33-44(43)49(61)55-29-26-37-15-7-2-8-16-37)52(64)40-21-23-41(24-22-40)53(65)59-34-45(50(62)56-30-27-38-17-9-3-10-18-38)46(35-59)51(63)57-47-31-42(47)39-19-11-4-12-20-39/h1-24,42-47H,25-35H2,(H,54,60)(H,55,61)(H,56,62)(H,57,63)/t42-,43+,44+,45+,46+,47+/m0/s1. The Hall–Kier alpha value is -7.08. The van der Waals surface area contributed by atoms with E-state index in [1.807, 2.05) is 109 Å². The second-order valence-electron chi connectivity index (χ2n) is 17.4. The Labute approximate surface area is 380 Å². The van der Waals surface area contributed by atoms with Crippen molar-refractivity contribution in [2.45, 2.75) is 37.6 Å². The van der Waals surface area contributed by atoms with E-state index in [0.29, 0.717) is 50.0 Å². The second-order valence-corrected chi connectivity index (χ2v) is 17.4. The lowest BCUT2D eigenvalue weighted by atomic mass is 9.94. The summed E-state index contributed by atoms with van der Waals surface area (Å²) in [4.78, 5) is 86.0. The molecule has 65 heavy (non-hydrogen) atoms. The highest BCUT2D eigenvalue weighted by molar-refractivity contribution is 6.00. The highest BCUT2D eigenvalue weighted by atomic mass is 16.2. The normalized spacial score (nSPS) is 21.0. The molecule has 12 heteroatoms. The lowest BCUT2D eigenvalue weighted by molar-refractivity contribution is -0.133. The summed E-state index contributed by atoms with van der Waals surface area (Å²) in [5.41, 5.74) is 5.01. The van der Waals surface area contributed by atoms with E-state index in [0.717, 1.165) is 28.7 Å². The summed E-state index contributed by atoms with van der Waals surface area (Å²) < 4.78 is 0. The molecule has 2 heterocycles. The third kappa shape index (κ3) is 11.4. The Kier molecular flexibility index (Phi) is 14.4. The fourth-order valence-electron chi connectivity index (χ4n) is 9.15. The average Bonchev–Trinajstić information content (AvgIpc) is 3.72. The SMILES string of the molecule is O=C(NCCc1ccccc1)[C@@H]1CN(C(=O)c2ccc(C(=O)N3C[C@@H](C(=O)NCCc4ccccc4)[C@H](C(=O)N[C@@H]4C[C@H]4c4ccccc4)C3)cc2)C[C@H]1C(=O)NCCc1ccccc1. The molecule has 2 aliphatic heterocycles. The van der Waals surface area contributed by atoms with Crippen LogP contribution < -0.4 is 21.3 Å². The number of nitrogens with zero attached hydrogens (tertiary/aromatic N) is 2. The van der Waals surface area contributed by atoms with Crippen molar-refractivity contribution in [2.24, 2.45) is 23.7 Å². The predicted molar refractivity (Wildman–Crippen MR) is 247 cm³/mol.